The first-order valence-corrected chi connectivity index (χ1v) is 11.6. The maximum absolute atomic E-state index is 12.5. The molecule has 0 fully saturated rings. The number of thiazole rings is 1. The van der Waals surface area contributed by atoms with Crippen molar-refractivity contribution in [2.24, 2.45) is 0 Å². The highest BCUT2D eigenvalue weighted by molar-refractivity contribution is 7.17. The lowest BCUT2D eigenvalue weighted by molar-refractivity contribution is -0.116. The zero-order valence-electron chi connectivity index (χ0n) is 17.0. The summed E-state index contributed by atoms with van der Waals surface area (Å²) in [7, 11) is 0. The van der Waals surface area contributed by atoms with Crippen molar-refractivity contribution in [3.05, 3.63) is 75.1 Å². The summed E-state index contributed by atoms with van der Waals surface area (Å²) in [6.45, 7) is 2.05. The first-order chi connectivity index (χ1) is 15.6. The third-order valence-corrected chi connectivity index (χ3v) is 6.60. The van der Waals surface area contributed by atoms with Crippen molar-refractivity contribution in [3.8, 4) is 16.3 Å². The highest BCUT2D eigenvalue weighted by atomic mass is 32.1. The van der Waals surface area contributed by atoms with Gasteiger partial charge in [0.15, 0.2) is 10.8 Å². The van der Waals surface area contributed by atoms with Crippen molar-refractivity contribution in [2.75, 3.05) is 5.32 Å². The number of H-pyrrole nitrogens is 1. The molecule has 4 aromatic heterocycles. The number of nitrogens with one attached hydrogen (secondary N) is 2. The van der Waals surface area contributed by atoms with E-state index in [9.17, 15) is 9.59 Å². The van der Waals surface area contributed by atoms with Gasteiger partial charge in [-0.15, -0.1) is 22.7 Å². The van der Waals surface area contributed by atoms with Crippen molar-refractivity contribution < 1.29 is 4.79 Å². The lowest BCUT2D eigenvalue weighted by Gasteiger charge is -2.05. The average Bonchev–Trinajstić information content (AvgIpc) is 3.53. The molecule has 0 aliphatic rings. The Labute approximate surface area is 190 Å². The van der Waals surface area contributed by atoms with Gasteiger partial charge >= 0.3 is 0 Å². The third-order valence-electron chi connectivity index (χ3n) is 4.82. The van der Waals surface area contributed by atoms with E-state index >= 15 is 0 Å². The van der Waals surface area contributed by atoms with Gasteiger partial charge in [0.05, 0.1) is 22.5 Å². The van der Waals surface area contributed by atoms with Gasteiger partial charge in [-0.05, 0) is 31.2 Å². The van der Waals surface area contributed by atoms with Crippen LogP contribution in [-0.2, 0) is 11.2 Å². The van der Waals surface area contributed by atoms with Gasteiger partial charge < -0.3 is 10.3 Å². The molecular formula is C22H18N6O2S2. The van der Waals surface area contributed by atoms with Crippen molar-refractivity contribution >= 4 is 44.7 Å². The molecule has 0 aliphatic heterocycles. The molecule has 5 rings (SSSR count). The number of carbonyl (C=O) groups is 1. The zero-order valence-corrected chi connectivity index (χ0v) is 18.7. The van der Waals surface area contributed by atoms with E-state index in [2.05, 4.69) is 25.4 Å². The minimum Gasteiger partial charge on any atom is -0.310 e. The zero-order chi connectivity index (χ0) is 22.1. The Morgan fingerprint density at radius 2 is 2.00 bits per heavy atom. The molecule has 0 aliphatic carbocycles. The number of carbonyl (C=O) groups excluding carboxylic acids is 1. The molecule has 8 nitrogen and oxygen atoms in total. The van der Waals surface area contributed by atoms with Crippen LogP contribution < -0.4 is 10.9 Å². The quantitative estimate of drug-likeness (QED) is 0.394. The SMILES string of the molecule is Cc1ccc(-c2csc(NC(=O)CCc3nc4c(cnn4-c4ccccc4)c(=O)[nH]3)n2)s1. The van der Waals surface area contributed by atoms with Crippen LogP contribution in [0.1, 0.15) is 17.1 Å². The number of aromatic nitrogens is 5. The molecule has 0 unspecified atom stereocenters. The second kappa shape index (κ2) is 8.48. The second-order valence-corrected chi connectivity index (χ2v) is 9.28. The number of aromatic amines is 1. The minimum absolute atomic E-state index is 0.168. The highest BCUT2D eigenvalue weighted by Gasteiger charge is 2.14. The molecule has 160 valence electrons. The van der Waals surface area contributed by atoms with E-state index in [1.807, 2.05) is 54.8 Å². The number of fused-ring (bicyclic) bond motifs is 1. The molecule has 5 aromatic rings. The largest absolute Gasteiger partial charge is 0.310 e. The number of amides is 1. The number of benzene rings is 1. The summed E-state index contributed by atoms with van der Waals surface area (Å²) in [4.78, 5) is 39.0. The number of aryl methyl sites for hydroxylation is 2. The van der Waals surface area contributed by atoms with Gasteiger partial charge in [0.2, 0.25) is 5.91 Å². The lowest BCUT2D eigenvalue weighted by Crippen LogP contribution is -2.16. The van der Waals surface area contributed by atoms with E-state index in [0.717, 1.165) is 16.3 Å². The van der Waals surface area contributed by atoms with Crippen LogP contribution in [0.4, 0.5) is 5.13 Å². The molecule has 1 amide bonds. The Morgan fingerprint density at radius 3 is 2.78 bits per heavy atom. The maximum atomic E-state index is 12.5. The van der Waals surface area contributed by atoms with Crippen LogP contribution in [0.2, 0.25) is 0 Å². The standard InChI is InChI=1S/C22H18N6O2S2/c1-13-7-8-17(32-13)16-12-31-22(24-16)27-19(29)10-9-18-25-20-15(21(30)26-18)11-23-28(20)14-5-3-2-4-6-14/h2-8,11-12H,9-10H2,1H3,(H,24,27,29)(H,25,26,30). The number of hydrogen-bond acceptors (Lipinski definition) is 7. The van der Waals surface area contributed by atoms with Crippen molar-refractivity contribution in [1.29, 1.82) is 0 Å². The Hall–Kier alpha value is -3.63. The van der Waals surface area contributed by atoms with Gasteiger partial charge in [0, 0.05) is 23.1 Å². The number of nitrogens with zero attached hydrogens (tertiary/aromatic N) is 4. The Bertz CT molecular complexity index is 1460. The molecule has 1 aromatic carbocycles. The Kier molecular flexibility index (Phi) is 5.38. The van der Waals surface area contributed by atoms with Gasteiger partial charge in [-0.3, -0.25) is 9.59 Å². The molecule has 0 saturated carbocycles. The highest BCUT2D eigenvalue weighted by Crippen LogP contribution is 2.30. The molecule has 0 saturated heterocycles. The van der Waals surface area contributed by atoms with Gasteiger partial charge in [0.25, 0.3) is 5.56 Å². The van der Waals surface area contributed by atoms with Crippen LogP contribution in [0.25, 0.3) is 27.3 Å². The topological polar surface area (TPSA) is 106 Å². The van der Waals surface area contributed by atoms with Gasteiger partial charge in [-0.1, -0.05) is 18.2 Å². The summed E-state index contributed by atoms with van der Waals surface area (Å²) in [6, 6.07) is 13.6. The Morgan fingerprint density at radius 1 is 1.16 bits per heavy atom. The second-order valence-electron chi connectivity index (χ2n) is 7.14. The maximum Gasteiger partial charge on any atom is 0.262 e. The number of para-hydroxylation sites is 1. The van der Waals surface area contributed by atoms with Crippen molar-refractivity contribution in [2.45, 2.75) is 19.8 Å². The predicted octanol–water partition coefficient (Wildman–Crippen LogP) is 4.17. The summed E-state index contributed by atoms with van der Waals surface area (Å²) in [5.74, 6) is 0.247. The van der Waals surface area contributed by atoms with Crippen molar-refractivity contribution in [3.63, 3.8) is 0 Å². The number of rotatable bonds is 6. The fourth-order valence-corrected chi connectivity index (χ4v) is 4.90. The first-order valence-electron chi connectivity index (χ1n) is 9.91. The lowest BCUT2D eigenvalue weighted by atomic mass is 10.2. The molecule has 4 heterocycles. The van der Waals surface area contributed by atoms with Gasteiger partial charge in [-0.25, -0.2) is 14.6 Å². The van der Waals surface area contributed by atoms with E-state index in [0.29, 0.717) is 28.4 Å². The summed E-state index contributed by atoms with van der Waals surface area (Å²) in [6.07, 6.45) is 1.96. The van der Waals surface area contributed by atoms with Crippen LogP contribution in [0, 0.1) is 6.92 Å². The molecular weight excluding hydrogens is 444 g/mol. The summed E-state index contributed by atoms with van der Waals surface area (Å²) in [5, 5.41) is 10.0. The van der Waals surface area contributed by atoms with E-state index in [-0.39, 0.29) is 17.9 Å². The summed E-state index contributed by atoms with van der Waals surface area (Å²) in [5.41, 5.74) is 1.85. The van der Waals surface area contributed by atoms with E-state index in [1.165, 1.54) is 22.4 Å². The molecule has 0 bridgehead atoms. The van der Waals surface area contributed by atoms with E-state index in [4.69, 9.17) is 0 Å². The number of anilines is 1. The van der Waals surface area contributed by atoms with Crippen LogP contribution in [0.15, 0.2) is 58.8 Å². The van der Waals surface area contributed by atoms with Gasteiger partial charge in [0.1, 0.15) is 11.2 Å². The van der Waals surface area contributed by atoms with Crippen LogP contribution in [-0.4, -0.2) is 30.6 Å². The smallest absolute Gasteiger partial charge is 0.262 e. The fraction of sp³-hybridized carbons (Fsp3) is 0.136. The molecule has 2 N–H and O–H groups in total. The predicted molar refractivity (Wildman–Crippen MR) is 127 cm³/mol. The minimum atomic E-state index is -0.275. The molecule has 10 heteroatoms. The fourth-order valence-electron chi connectivity index (χ4n) is 3.27. The average molecular weight is 463 g/mol. The normalized spacial score (nSPS) is 11.2. The van der Waals surface area contributed by atoms with E-state index < -0.39 is 0 Å². The van der Waals surface area contributed by atoms with E-state index in [1.54, 1.807) is 16.0 Å². The summed E-state index contributed by atoms with van der Waals surface area (Å²) < 4.78 is 1.62. The summed E-state index contributed by atoms with van der Waals surface area (Å²) >= 11 is 3.05. The molecule has 0 radical (unpaired) electrons. The molecule has 0 atom stereocenters. The first kappa shape index (κ1) is 20.3. The molecule has 32 heavy (non-hydrogen) atoms. The van der Waals surface area contributed by atoms with Crippen LogP contribution in [0.5, 0.6) is 0 Å². The van der Waals surface area contributed by atoms with Crippen LogP contribution in [0.3, 0.4) is 0 Å². The number of hydrogen-bond donors (Lipinski definition) is 2. The van der Waals surface area contributed by atoms with Gasteiger partial charge in [-0.2, -0.15) is 5.10 Å². The van der Waals surface area contributed by atoms with Crippen LogP contribution >= 0.6 is 22.7 Å². The molecule has 0 spiro atoms. The monoisotopic (exact) mass is 462 g/mol. The number of thiophene rings is 1. The third kappa shape index (κ3) is 4.10. The Balaban J connectivity index is 1.29. The van der Waals surface area contributed by atoms with Crippen molar-refractivity contribution in [1.82, 2.24) is 24.7 Å².